The molecule has 2 aromatic rings. The van der Waals surface area contributed by atoms with E-state index in [9.17, 15) is 0 Å². The summed E-state index contributed by atoms with van der Waals surface area (Å²) in [6.07, 6.45) is 2.51. The molecule has 0 saturated heterocycles. The molecule has 0 bridgehead atoms. The van der Waals surface area contributed by atoms with Gasteiger partial charge in [-0.05, 0) is 28.1 Å². The third kappa shape index (κ3) is 2.33. The van der Waals surface area contributed by atoms with E-state index in [2.05, 4.69) is 15.9 Å². The predicted octanol–water partition coefficient (Wildman–Crippen LogP) is 5.65. The number of alkyl halides is 1. The molecule has 5 heteroatoms. The summed E-state index contributed by atoms with van der Waals surface area (Å²) >= 11 is 17.3. The van der Waals surface area contributed by atoms with Crippen LogP contribution in [0.1, 0.15) is 28.5 Å². The van der Waals surface area contributed by atoms with Crippen molar-refractivity contribution >= 4 is 50.5 Å². The van der Waals surface area contributed by atoms with Gasteiger partial charge in [-0.15, -0.1) is 22.9 Å². The number of hydrogen-bond donors (Lipinski definition) is 0. The van der Waals surface area contributed by atoms with E-state index >= 15 is 0 Å². The normalized spacial score (nSPS) is 13.0. The molecular weight excluding hydrogens is 331 g/mol. The average molecular weight is 340 g/mol. The third-order valence-electron chi connectivity index (χ3n) is 2.29. The Labute approximate surface area is 116 Å². The van der Waals surface area contributed by atoms with E-state index in [0.29, 0.717) is 0 Å². The van der Waals surface area contributed by atoms with Gasteiger partial charge in [-0.25, -0.2) is 0 Å². The third-order valence-corrected chi connectivity index (χ3v) is 5.43. The van der Waals surface area contributed by atoms with E-state index in [1.54, 1.807) is 6.26 Å². The van der Waals surface area contributed by atoms with Crippen LogP contribution < -0.4 is 0 Å². The highest BCUT2D eigenvalue weighted by molar-refractivity contribution is 9.10. The molecule has 1 atom stereocenters. The van der Waals surface area contributed by atoms with E-state index in [0.717, 1.165) is 31.4 Å². The van der Waals surface area contributed by atoms with Crippen molar-refractivity contribution in [1.29, 1.82) is 0 Å². The van der Waals surface area contributed by atoms with E-state index < -0.39 is 0 Å². The number of thiophene rings is 1. The van der Waals surface area contributed by atoms with Crippen molar-refractivity contribution in [3.63, 3.8) is 0 Å². The zero-order chi connectivity index (χ0) is 11.7. The number of halogens is 3. The van der Waals surface area contributed by atoms with Crippen molar-refractivity contribution in [2.45, 2.75) is 18.7 Å². The maximum absolute atomic E-state index is 6.41. The molecule has 86 valence electrons. The molecule has 0 aliphatic rings. The zero-order valence-electron chi connectivity index (χ0n) is 8.47. The fraction of sp³-hybridized carbons (Fsp3) is 0.273. The van der Waals surface area contributed by atoms with Crippen LogP contribution >= 0.6 is 50.5 Å². The summed E-state index contributed by atoms with van der Waals surface area (Å²) in [5.41, 5.74) is 1.02. The minimum Gasteiger partial charge on any atom is -0.469 e. The summed E-state index contributed by atoms with van der Waals surface area (Å²) in [6.45, 7) is 2.04. The van der Waals surface area contributed by atoms with Crippen LogP contribution in [0.25, 0.3) is 0 Å². The van der Waals surface area contributed by atoms with Gasteiger partial charge in [-0.1, -0.05) is 18.5 Å². The van der Waals surface area contributed by atoms with Crippen molar-refractivity contribution in [3.8, 4) is 0 Å². The van der Waals surface area contributed by atoms with Gasteiger partial charge in [0.25, 0.3) is 0 Å². The Morgan fingerprint density at radius 3 is 2.88 bits per heavy atom. The van der Waals surface area contributed by atoms with Gasteiger partial charge in [0.15, 0.2) is 0 Å². The van der Waals surface area contributed by atoms with Crippen LogP contribution in [0.15, 0.2) is 27.3 Å². The Bertz CT molecular complexity index is 472. The van der Waals surface area contributed by atoms with Crippen LogP contribution in [0.4, 0.5) is 0 Å². The first-order chi connectivity index (χ1) is 7.63. The summed E-state index contributed by atoms with van der Waals surface area (Å²) in [4.78, 5) is 1.02. The molecule has 2 heterocycles. The first kappa shape index (κ1) is 12.5. The largest absolute Gasteiger partial charge is 0.469 e. The lowest BCUT2D eigenvalue weighted by Crippen LogP contribution is -1.92. The molecule has 2 rings (SSSR count). The lowest BCUT2D eigenvalue weighted by molar-refractivity contribution is 0.512. The first-order valence-electron chi connectivity index (χ1n) is 4.78. The minimum atomic E-state index is -0.192. The summed E-state index contributed by atoms with van der Waals surface area (Å²) in [6, 6.07) is 3.87. The molecule has 16 heavy (non-hydrogen) atoms. The van der Waals surface area contributed by atoms with Crippen LogP contribution in [-0.4, -0.2) is 0 Å². The topological polar surface area (TPSA) is 13.1 Å². The Kier molecular flexibility index (Phi) is 4.01. The Balaban J connectivity index is 2.35. The highest BCUT2D eigenvalue weighted by atomic mass is 79.9. The molecule has 2 aromatic heterocycles. The van der Waals surface area contributed by atoms with Crippen LogP contribution in [0.3, 0.4) is 0 Å². The first-order valence-corrected chi connectivity index (χ1v) is 7.21. The minimum absolute atomic E-state index is 0.192. The van der Waals surface area contributed by atoms with Gasteiger partial charge < -0.3 is 4.42 Å². The Hall–Kier alpha value is 0.0400. The molecule has 0 N–H and O–H groups in total. The van der Waals surface area contributed by atoms with Gasteiger partial charge >= 0.3 is 0 Å². The molecule has 0 aromatic carbocycles. The predicted molar refractivity (Wildman–Crippen MR) is 72.8 cm³/mol. The van der Waals surface area contributed by atoms with Gasteiger partial charge in [0, 0.05) is 21.3 Å². The van der Waals surface area contributed by atoms with Crippen molar-refractivity contribution in [1.82, 2.24) is 0 Å². The Morgan fingerprint density at radius 2 is 2.31 bits per heavy atom. The molecule has 0 saturated carbocycles. The van der Waals surface area contributed by atoms with Gasteiger partial charge in [0.05, 0.1) is 11.6 Å². The smallest absolute Gasteiger partial charge is 0.108 e. The summed E-state index contributed by atoms with van der Waals surface area (Å²) < 4.78 is 6.98. The van der Waals surface area contributed by atoms with Crippen molar-refractivity contribution < 1.29 is 4.42 Å². The Morgan fingerprint density at radius 1 is 1.56 bits per heavy atom. The molecule has 0 aliphatic heterocycles. The number of rotatable bonds is 3. The van der Waals surface area contributed by atoms with Crippen molar-refractivity contribution in [2.75, 3.05) is 0 Å². The van der Waals surface area contributed by atoms with E-state index in [-0.39, 0.29) is 5.38 Å². The number of furan rings is 1. The van der Waals surface area contributed by atoms with E-state index in [1.807, 2.05) is 19.1 Å². The van der Waals surface area contributed by atoms with Crippen LogP contribution in [0.2, 0.25) is 4.34 Å². The maximum Gasteiger partial charge on any atom is 0.108 e. The molecule has 1 nitrogen and oxygen atoms in total. The fourth-order valence-electron chi connectivity index (χ4n) is 1.51. The van der Waals surface area contributed by atoms with Gasteiger partial charge in [0.1, 0.15) is 10.1 Å². The second-order valence-corrected chi connectivity index (χ2v) is 6.26. The van der Waals surface area contributed by atoms with E-state index in [1.165, 1.54) is 11.3 Å². The molecule has 1 unspecified atom stereocenters. The molecule has 0 aliphatic carbocycles. The second-order valence-electron chi connectivity index (χ2n) is 3.29. The lowest BCUT2D eigenvalue weighted by atomic mass is 10.1. The van der Waals surface area contributed by atoms with Gasteiger partial charge in [-0.2, -0.15) is 0 Å². The highest BCUT2D eigenvalue weighted by Gasteiger charge is 2.19. The quantitative estimate of drug-likeness (QED) is 0.659. The van der Waals surface area contributed by atoms with Crippen LogP contribution in [-0.2, 0) is 6.42 Å². The zero-order valence-corrected chi connectivity index (χ0v) is 12.4. The van der Waals surface area contributed by atoms with Crippen LogP contribution in [0.5, 0.6) is 0 Å². The fourth-order valence-corrected chi connectivity index (χ4v) is 3.63. The average Bonchev–Trinajstić information content (AvgIpc) is 2.85. The molecule has 0 radical (unpaired) electrons. The molecule has 0 fully saturated rings. The summed E-state index contributed by atoms with van der Waals surface area (Å²) in [5, 5.41) is -0.192. The van der Waals surface area contributed by atoms with Crippen molar-refractivity contribution in [3.05, 3.63) is 43.4 Å². The highest BCUT2D eigenvalue weighted by Crippen LogP contribution is 2.41. The lowest BCUT2D eigenvalue weighted by Gasteiger charge is -2.06. The SMILES string of the molecule is CCc1occc1C(Cl)c1cc(Br)c(Cl)s1. The second kappa shape index (κ2) is 5.13. The van der Waals surface area contributed by atoms with Gasteiger partial charge in [-0.3, -0.25) is 0 Å². The summed E-state index contributed by atoms with van der Waals surface area (Å²) in [5.74, 6) is 0.931. The standard InChI is InChI=1S/C11H9BrCl2OS/c1-2-8-6(3-4-15-8)10(13)9-5-7(12)11(14)16-9/h3-5,10H,2H2,1H3. The van der Waals surface area contributed by atoms with Crippen molar-refractivity contribution in [2.24, 2.45) is 0 Å². The van der Waals surface area contributed by atoms with Crippen LogP contribution in [0, 0.1) is 0 Å². The monoisotopic (exact) mass is 338 g/mol. The molecule has 0 amide bonds. The molecule has 0 spiro atoms. The number of aryl methyl sites for hydroxylation is 1. The maximum atomic E-state index is 6.41. The number of hydrogen-bond acceptors (Lipinski definition) is 2. The summed E-state index contributed by atoms with van der Waals surface area (Å²) in [7, 11) is 0. The van der Waals surface area contributed by atoms with E-state index in [4.69, 9.17) is 27.6 Å². The molecular formula is C11H9BrCl2OS. The van der Waals surface area contributed by atoms with Gasteiger partial charge in [0.2, 0.25) is 0 Å².